The Bertz CT molecular complexity index is 482. The molecule has 0 aliphatic carbocycles. The van der Waals surface area contributed by atoms with Gasteiger partial charge >= 0.3 is 0 Å². The van der Waals surface area contributed by atoms with Crippen LogP contribution >= 0.6 is 32.4 Å². The van der Waals surface area contributed by atoms with Gasteiger partial charge in [-0.1, -0.05) is 60.7 Å². The summed E-state index contributed by atoms with van der Waals surface area (Å²) >= 11 is 13.1. The first kappa shape index (κ1) is 13.9. The Labute approximate surface area is 121 Å². The van der Waals surface area contributed by atoms with Crippen molar-refractivity contribution in [2.75, 3.05) is 0 Å². The standard InChI is InChI=1S/C15H15Cl2P/c16-14(11-12-7-3-1-4-8-12)15(17,18)13-9-5-2-6-10-13/h1-10,14H,11,18H2. The van der Waals surface area contributed by atoms with Crippen molar-refractivity contribution in [3.8, 4) is 0 Å². The Morgan fingerprint density at radius 1 is 0.944 bits per heavy atom. The molecule has 0 spiro atoms. The Morgan fingerprint density at radius 3 is 2.00 bits per heavy atom. The third-order valence-electron chi connectivity index (χ3n) is 2.93. The van der Waals surface area contributed by atoms with E-state index in [-0.39, 0.29) is 5.38 Å². The first-order chi connectivity index (χ1) is 8.60. The van der Waals surface area contributed by atoms with Crippen LogP contribution < -0.4 is 0 Å². The molecule has 0 saturated heterocycles. The topological polar surface area (TPSA) is 0 Å². The van der Waals surface area contributed by atoms with Gasteiger partial charge in [-0.15, -0.1) is 32.4 Å². The second-order valence-corrected chi connectivity index (χ2v) is 6.72. The molecule has 0 nitrogen and oxygen atoms in total. The Hall–Kier alpha value is -0.550. The molecule has 0 amide bonds. The van der Waals surface area contributed by atoms with Crippen LogP contribution in [0, 0.1) is 0 Å². The van der Waals surface area contributed by atoms with E-state index >= 15 is 0 Å². The summed E-state index contributed by atoms with van der Waals surface area (Å²) in [5, 5.41) is -0.186. The lowest BCUT2D eigenvalue weighted by atomic mass is 10.0. The van der Waals surface area contributed by atoms with E-state index in [1.807, 2.05) is 48.5 Å². The molecule has 2 rings (SSSR count). The fourth-order valence-corrected chi connectivity index (χ4v) is 2.66. The van der Waals surface area contributed by atoms with Crippen LogP contribution in [0.15, 0.2) is 60.7 Å². The van der Waals surface area contributed by atoms with E-state index < -0.39 is 4.62 Å². The predicted molar refractivity (Wildman–Crippen MR) is 83.5 cm³/mol. The van der Waals surface area contributed by atoms with Crippen LogP contribution in [0.4, 0.5) is 0 Å². The zero-order valence-electron chi connectivity index (χ0n) is 9.89. The average Bonchev–Trinajstić information content (AvgIpc) is 2.41. The fraction of sp³-hybridized carbons (Fsp3) is 0.200. The number of rotatable bonds is 4. The van der Waals surface area contributed by atoms with Gasteiger partial charge in [0.25, 0.3) is 0 Å². The molecule has 0 saturated carbocycles. The van der Waals surface area contributed by atoms with Crippen molar-refractivity contribution < 1.29 is 0 Å². The molecule has 18 heavy (non-hydrogen) atoms. The first-order valence-corrected chi connectivity index (χ1v) is 7.21. The fourth-order valence-electron chi connectivity index (χ4n) is 1.84. The number of alkyl halides is 2. The molecule has 2 aromatic carbocycles. The van der Waals surface area contributed by atoms with Gasteiger partial charge in [0.15, 0.2) is 0 Å². The molecular weight excluding hydrogens is 282 g/mol. The number of hydrogen-bond donors (Lipinski definition) is 0. The lowest BCUT2D eigenvalue weighted by Gasteiger charge is -2.28. The van der Waals surface area contributed by atoms with Crippen molar-refractivity contribution in [2.24, 2.45) is 0 Å². The highest BCUT2D eigenvalue weighted by Crippen LogP contribution is 2.43. The maximum absolute atomic E-state index is 6.59. The van der Waals surface area contributed by atoms with Crippen molar-refractivity contribution in [1.82, 2.24) is 0 Å². The average molecular weight is 297 g/mol. The molecule has 0 bridgehead atoms. The van der Waals surface area contributed by atoms with Crippen LogP contribution in [0.3, 0.4) is 0 Å². The third kappa shape index (κ3) is 3.26. The van der Waals surface area contributed by atoms with E-state index in [9.17, 15) is 0 Å². The molecule has 0 aliphatic heterocycles. The van der Waals surface area contributed by atoms with E-state index in [4.69, 9.17) is 23.2 Å². The molecule has 0 fully saturated rings. The van der Waals surface area contributed by atoms with E-state index in [2.05, 4.69) is 21.4 Å². The van der Waals surface area contributed by atoms with Gasteiger partial charge in [0, 0.05) is 0 Å². The number of benzene rings is 2. The van der Waals surface area contributed by atoms with Crippen molar-refractivity contribution in [3.63, 3.8) is 0 Å². The molecular formula is C15H15Cl2P. The van der Waals surface area contributed by atoms with Crippen LogP contribution in [-0.2, 0) is 11.0 Å². The molecule has 0 aliphatic rings. The van der Waals surface area contributed by atoms with Gasteiger partial charge < -0.3 is 0 Å². The SMILES string of the molecule is PC(Cl)(c1ccccc1)C(Cl)Cc1ccccc1. The minimum Gasteiger partial charge on any atom is -0.120 e. The highest BCUT2D eigenvalue weighted by Gasteiger charge is 2.32. The largest absolute Gasteiger partial charge is 0.120 e. The lowest BCUT2D eigenvalue weighted by molar-refractivity contribution is 0.755. The molecule has 2 aromatic rings. The zero-order chi connectivity index (χ0) is 13.0. The Balaban J connectivity index is 2.15. The van der Waals surface area contributed by atoms with E-state index in [1.165, 1.54) is 5.56 Å². The summed E-state index contributed by atoms with van der Waals surface area (Å²) in [4.78, 5) is 0. The third-order valence-corrected chi connectivity index (χ3v) is 4.97. The van der Waals surface area contributed by atoms with Gasteiger partial charge in [0.05, 0.1) is 9.99 Å². The number of hydrogen-bond acceptors (Lipinski definition) is 0. The molecule has 3 unspecified atom stereocenters. The summed E-state index contributed by atoms with van der Waals surface area (Å²) in [6, 6.07) is 20.1. The van der Waals surface area contributed by atoms with Gasteiger partial charge in [-0.25, -0.2) is 0 Å². The highest BCUT2D eigenvalue weighted by molar-refractivity contribution is 7.22. The van der Waals surface area contributed by atoms with Gasteiger partial charge in [0.1, 0.15) is 0 Å². The van der Waals surface area contributed by atoms with Crippen molar-refractivity contribution in [2.45, 2.75) is 16.4 Å². The molecule has 0 heterocycles. The predicted octanol–water partition coefficient (Wildman–Crippen LogP) is 4.80. The van der Waals surface area contributed by atoms with Crippen molar-refractivity contribution in [1.29, 1.82) is 0 Å². The van der Waals surface area contributed by atoms with Crippen LogP contribution in [0.2, 0.25) is 0 Å². The summed E-state index contributed by atoms with van der Waals surface area (Å²) in [5.41, 5.74) is 2.22. The summed E-state index contributed by atoms with van der Waals surface area (Å²) in [7, 11) is 2.67. The quantitative estimate of drug-likeness (QED) is 0.561. The van der Waals surface area contributed by atoms with Gasteiger partial charge in [-0.3, -0.25) is 0 Å². The zero-order valence-corrected chi connectivity index (χ0v) is 12.6. The Morgan fingerprint density at radius 2 is 1.44 bits per heavy atom. The van der Waals surface area contributed by atoms with Gasteiger partial charge in [-0.2, -0.15) is 0 Å². The maximum atomic E-state index is 6.59. The van der Waals surface area contributed by atoms with Gasteiger partial charge in [-0.05, 0) is 17.5 Å². The van der Waals surface area contributed by atoms with E-state index in [0.29, 0.717) is 0 Å². The second kappa shape index (κ2) is 6.06. The summed E-state index contributed by atoms with van der Waals surface area (Å²) in [6.07, 6.45) is 0.740. The maximum Gasteiger partial charge on any atom is 0.0995 e. The minimum atomic E-state index is -0.640. The lowest BCUT2D eigenvalue weighted by Crippen LogP contribution is -2.25. The monoisotopic (exact) mass is 296 g/mol. The molecule has 3 atom stereocenters. The summed E-state index contributed by atoms with van der Waals surface area (Å²) in [5.74, 6) is 0. The normalized spacial score (nSPS) is 15.9. The van der Waals surface area contributed by atoms with E-state index in [1.54, 1.807) is 0 Å². The van der Waals surface area contributed by atoms with E-state index in [0.717, 1.165) is 12.0 Å². The first-order valence-electron chi connectivity index (χ1n) is 5.82. The van der Waals surface area contributed by atoms with Crippen molar-refractivity contribution in [3.05, 3.63) is 71.8 Å². The van der Waals surface area contributed by atoms with Crippen LogP contribution in [0.5, 0.6) is 0 Å². The van der Waals surface area contributed by atoms with Crippen LogP contribution in [0.1, 0.15) is 11.1 Å². The van der Waals surface area contributed by atoms with Crippen molar-refractivity contribution >= 4 is 32.4 Å². The molecule has 94 valence electrons. The summed E-state index contributed by atoms with van der Waals surface area (Å²) < 4.78 is -0.640. The molecule has 0 N–H and O–H groups in total. The molecule has 3 heteroatoms. The highest BCUT2D eigenvalue weighted by atomic mass is 35.5. The Kier molecular flexibility index (Phi) is 4.67. The summed E-state index contributed by atoms with van der Waals surface area (Å²) in [6.45, 7) is 0. The molecule has 0 radical (unpaired) electrons. The van der Waals surface area contributed by atoms with Crippen LogP contribution in [0.25, 0.3) is 0 Å². The molecule has 0 aromatic heterocycles. The smallest absolute Gasteiger partial charge is 0.0995 e. The minimum absolute atomic E-state index is 0.186. The van der Waals surface area contributed by atoms with Crippen LogP contribution in [-0.4, -0.2) is 5.38 Å². The second-order valence-electron chi connectivity index (χ2n) is 4.29. The number of halogens is 2. The van der Waals surface area contributed by atoms with Gasteiger partial charge in [0.2, 0.25) is 0 Å².